The zero-order chi connectivity index (χ0) is 22.5. The fraction of sp³-hybridized carbons (Fsp3) is 0.292. The van der Waals surface area contributed by atoms with Crippen LogP contribution in [0.1, 0.15) is 13.8 Å². The molecule has 1 heterocycles. The minimum absolute atomic E-state index is 0.265. The Labute approximate surface area is 180 Å². The van der Waals surface area contributed by atoms with Crippen molar-refractivity contribution in [3.05, 3.63) is 52.4 Å². The Bertz CT molecular complexity index is 1170. The summed E-state index contributed by atoms with van der Waals surface area (Å²) in [5, 5.41) is 0.311. The molecule has 0 N–H and O–H groups in total. The first-order chi connectivity index (χ1) is 14.9. The van der Waals surface area contributed by atoms with Crippen molar-refractivity contribution in [1.82, 2.24) is 0 Å². The van der Waals surface area contributed by atoms with Gasteiger partial charge in [-0.2, -0.15) is 0 Å². The zero-order valence-electron chi connectivity index (χ0n) is 18.5. The third kappa shape index (κ3) is 4.45. The maximum Gasteiger partial charge on any atom is 0.204 e. The first-order valence-corrected chi connectivity index (χ1v) is 9.63. The van der Waals surface area contributed by atoms with Crippen LogP contribution in [0.4, 0.5) is 0 Å². The number of hydrogen-bond donors (Lipinski definition) is 0. The van der Waals surface area contributed by atoms with Gasteiger partial charge in [-0.05, 0) is 26.0 Å². The van der Waals surface area contributed by atoms with Crippen LogP contribution < -0.4 is 29.1 Å². The molecule has 31 heavy (non-hydrogen) atoms. The normalized spacial score (nSPS) is 10.5. The van der Waals surface area contributed by atoms with Crippen LogP contribution in [0.15, 0.2) is 51.4 Å². The van der Waals surface area contributed by atoms with Crippen LogP contribution in [-0.4, -0.2) is 35.0 Å². The highest BCUT2D eigenvalue weighted by Crippen LogP contribution is 2.40. The smallest absolute Gasteiger partial charge is 0.204 e. The van der Waals surface area contributed by atoms with E-state index in [-0.39, 0.29) is 5.43 Å². The van der Waals surface area contributed by atoms with E-state index >= 15 is 0 Å². The van der Waals surface area contributed by atoms with Gasteiger partial charge in [0.15, 0.2) is 11.5 Å². The first-order valence-electron chi connectivity index (χ1n) is 9.63. The van der Waals surface area contributed by atoms with Gasteiger partial charge in [-0.25, -0.2) is 0 Å². The van der Waals surface area contributed by atoms with Crippen LogP contribution in [0.5, 0.6) is 28.7 Å². The van der Waals surface area contributed by atoms with E-state index in [4.69, 9.17) is 28.1 Å². The van der Waals surface area contributed by atoms with Gasteiger partial charge in [-0.1, -0.05) is 5.57 Å². The summed E-state index contributed by atoms with van der Waals surface area (Å²) in [7, 11) is 6.09. The summed E-state index contributed by atoms with van der Waals surface area (Å²) < 4.78 is 33.3. The van der Waals surface area contributed by atoms with Gasteiger partial charge in [0.05, 0.1) is 34.0 Å². The van der Waals surface area contributed by atoms with Gasteiger partial charge in [-0.3, -0.25) is 4.79 Å². The van der Waals surface area contributed by atoms with E-state index < -0.39 is 0 Å². The van der Waals surface area contributed by atoms with E-state index in [1.54, 1.807) is 24.3 Å². The van der Waals surface area contributed by atoms with Crippen LogP contribution in [-0.2, 0) is 0 Å². The van der Waals surface area contributed by atoms with Crippen LogP contribution in [0.2, 0.25) is 0 Å². The predicted molar refractivity (Wildman–Crippen MR) is 119 cm³/mol. The van der Waals surface area contributed by atoms with Crippen molar-refractivity contribution in [2.45, 2.75) is 13.8 Å². The molecule has 0 unspecified atom stereocenters. The Balaban J connectivity index is 2.18. The summed E-state index contributed by atoms with van der Waals surface area (Å²) in [4.78, 5) is 13.4. The third-order valence-corrected chi connectivity index (χ3v) is 4.78. The summed E-state index contributed by atoms with van der Waals surface area (Å²) in [5.74, 6) is 2.31. The lowest BCUT2D eigenvalue weighted by Crippen LogP contribution is -2.08. The number of rotatable bonds is 8. The van der Waals surface area contributed by atoms with E-state index in [0.717, 1.165) is 5.57 Å². The highest BCUT2D eigenvalue weighted by Gasteiger charge is 2.20. The lowest BCUT2D eigenvalue weighted by atomic mass is 10.0. The second-order valence-corrected chi connectivity index (χ2v) is 6.98. The molecule has 0 fully saturated rings. The van der Waals surface area contributed by atoms with Crippen LogP contribution in [0.3, 0.4) is 0 Å². The van der Waals surface area contributed by atoms with E-state index in [0.29, 0.717) is 57.5 Å². The van der Waals surface area contributed by atoms with Gasteiger partial charge < -0.3 is 28.1 Å². The molecule has 0 amide bonds. The van der Waals surface area contributed by atoms with Gasteiger partial charge in [0.2, 0.25) is 5.43 Å². The molecular formula is C24H26O7. The summed E-state index contributed by atoms with van der Waals surface area (Å²) in [5.41, 5.74) is 2.06. The monoisotopic (exact) mass is 426 g/mol. The van der Waals surface area contributed by atoms with Crippen molar-refractivity contribution in [3.8, 4) is 39.9 Å². The van der Waals surface area contributed by atoms with Gasteiger partial charge >= 0.3 is 0 Å². The zero-order valence-corrected chi connectivity index (χ0v) is 18.5. The molecule has 7 nitrogen and oxygen atoms in total. The SMILES string of the molecule is COc1cc(OC)c2c(=O)c(-c3cc(OC)c(OCC=C(C)C)cc3OC)coc2c1. The van der Waals surface area contributed by atoms with E-state index in [1.165, 1.54) is 34.7 Å². The summed E-state index contributed by atoms with van der Waals surface area (Å²) >= 11 is 0. The largest absolute Gasteiger partial charge is 0.496 e. The second-order valence-electron chi connectivity index (χ2n) is 6.98. The van der Waals surface area contributed by atoms with Crippen molar-refractivity contribution in [3.63, 3.8) is 0 Å². The molecule has 1 aromatic heterocycles. The molecule has 0 radical (unpaired) electrons. The Hall–Kier alpha value is -3.61. The summed E-state index contributed by atoms with van der Waals surface area (Å²) in [6.45, 7) is 4.37. The van der Waals surface area contributed by atoms with Crippen molar-refractivity contribution in [2.24, 2.45) is 0 Å². The molecular weight excluding hydrogens is 400 g/mol. The highest BCUT2D eigenvalue weighted by atomic mass is 16.5. The Morgan fingerprint density at radius 1 is 0.839 bits per heavy atom. The van der Waals surface area contributed by atoms with Crippen LogP contribution in [0.25, 0.3) is 22.1 Å². The number of benzene rings is 2. The second kappa shape index (κ2) is 9.47. The Morgan fingerprint density at radius 2 is 1.55 bits per heavy atom. The topological polar surface area (TPSA) is 76.4 Å². The molecule has 2 aromatic carbocycles. The number of fused-ring (bicyclic) bond motifs is 1. The molecule has 7 heteroatoms. The molecule has 0 aliphatic heterocycles. The van der Waals surface area contributed by atoms with Gasteiger partial charge in [-0.15, -0.1) is 0 Å². The molecule has 0 spiro atoms. The minimum atomic E-state index is -0.265. The van der Waals surface area contributed by atoms with Crippen LogP contribution >= 0.6 is 0 Å². The average molecular weight is 426 g/mol. The number of allylic oxidation sites excluding steroid dienone is 1. The van der Waals surface area contributed by atoms with Crippen molar-refractivity contribution < 1.29 is 28.1 Å². The van der Waals surface area contributed by atoms with E-state index in [1.807, 2.05) is 19.9 Å². The molecule has 0 aliphatic carbocycles. The summed E-state index contributed by atoms with van der Waals surface area (Å²) in [6, 6.07) is 6.68. The fourth-order valence-corrected chi connectivity index (χ4v) is 3.15. The van der Waals surface area contributed by atoms with E-state index in [9.17, 15) is 4.79 Å². The van der Waals surface area contributed by atoms with Crippen LogP contribution in [0, 0.1) is 0 Å². The predicted octanol–water partition coefficient (Wildman–Crippen LogP) is 4.84. The third-order valence-electron chi connectivity index (χ3n) is 4.78. The Kier molecular flexibility index (Phi) is 6.74. The molecule has 3 aromatic rings. The number of ether oxygens (including phenoxy) is 5. The molecule has 3 rings (SSSR count). The first kappa shape index (κ1) is 22.1. The van der Waals surface area contributed by atoms with E-state index in [2.05, 4.69) is 0 Å². The molecule has 0 aliphatic rings. The lowest BCUT2D eigenvalue weighted by molar-refractivity contribution is 0.322. The average Bonchev–Trinajstić information content (AvgIpc) is 2.78. The standard InChI is InChI=1S/C24H26O7/c1-14(2)7-8-30-20-12-18(27-4)16(11-19(20)28-5)17-13-31-22-10-15(26-3)9-21(29-6)23(22)24(17)25/h7,9-13H,8H2,1-6H3. The fourth-order valence-electron chi connectivity index (χ4n) is 3.15. The Morgan fingerprint density at radius 3 is 2.16 bits per heavy atom. The van der Waals surface area contributed by atoms with Gasteiger partial charge in [0, 0.05) is 23.8 Å². The van der Waals surface area contributed by atoms with Crippen molar-refractivity contribution in [2.75, 3.05) is 35.0 Å². The van der Waals surface area contributed by atoms with Gasteiger partial charge in [0.25, 0.3) is 0 Å². The highest BCUT2D eigenvalue weighted by molar-refractivity contribution is 5.89. The minimum Gasteiger partial charge on any atom is -0.496 e. The molecule has 0 bridgehead atoms. The number of hydrogen-bond acceptors (Lipinski definition) is 7. The molecule has 0 atom stereocenters. The molecule has 0 saturated heterocycles. The number of methoxy groups -OCH3 is 4. The molecule has 164 valence electrons. The molecule has 0 saturated carbocycles. The quantitative estimate of drug-likeness (QED) is 0.477. The van der Waals surface area contributed by atoms with Crippen molar-refractivity contribution in [1.29, 1.82) is 0 Å². The van der Waals surface area contributed by atoms with Crippen molar-refractivity contribution >= 4 is 11.0 Å². The lowest BCUT2D eigenvalue weighted by Gasteiger charge is -2.15. The van der Waals surface area contributed by atoms with Gasteiger partial charge in [0.1, 0.15) is 41.1 Å². The maximum atomic E-state index is 13.4. The maximum absolute atomic E-state index is 13.4. The summed E-state index contributed by atoms with van der Waals surface area (Å²) in [6.07, 6.45) is 3.35.